The summed E-state index contributed by atoms with van der Waals surface area (Å²) in [4.78, 5) is 22.3. The topological polar surface area (TPSA) is 84.3 Å². The monoisotopic (exact) mass is 425 g/mol. The number of carbonyl (C=O) groups is 1. The zero-order chi connectivity index (χ0) is 16.7. The Morgan fingerprint density at radius 1 is 1.17 bits per heavy atom. The smallest absolute Gasteiger partial charge is 0.292 e. The number of hydrogen-bond donors (Lipinski definition) is 2. The van der Waals surface area contributed by atoms with E-state index in [2.05, 4.69) is 33.2 Å². The van der Waals surface area contributed by atoms with Gasteiger partial charge in [-0.3, -0.25) is 14.9 Å². The summed E-state index contributed by atoms with van der Waals surface area (Å²) in [5.41, 5.74) is 1.28. The molecule has 0 atom stereocenters. The SMILES string of the molecule is O=C(CCCNc1ccccc1[N+](=O)[O-])Nc1cccc(I)c1. The fourth-order valence-electron chi connectivity index (χ4n) is 2.04. The van der Waals surface area contributed by atoms with Gasteiger partial charge >= 0.3 is 0 Å². The third kappa shape index (κ3) is 5.51. The highest BCUT2D eigenvalue weighted by atomic mass is 127. The first-order valence-corrected chi connectivity index (χ1v) is 8.17. The van der Waals surface area contributed by atoms with Crippen LogP contribution >= 0.6 is 22.6 Å². The van der Waals surface area contributed by atoms with Gasteiger partial charge in [0.15, 0.2) is 0 Å². The molecule has 0 unspecified atom stereocenters. The van der Waals surface area contributed by atoms with Gasteiger partial charge in [-0.1, -0.05) is 18.2 Å². The summed E-state index contributed by atoms with van der Waals surface area (Å²) >= 11 is 2.19. The van der Waals surface area contributed by atoms with E-state index >= 15 is 0 Å². The maximum Gasteiger partial charge on any atom is 0.292 e. The second-order valence-electron chi connectivity index (χ2n) is 4.86. The van der Waals surface area contributed by atoms with Gasteiger partial charge in [0, 0.05) is 28.3 Å². The second-order valence-corrected chi connectivity index (χ2v) is 6.11. The van der Waals surface area contributed by atoms with Crippen molar-refractivity contribution in [1.82, 2.24) is 0 Å². The minimum Gasteiger partial charge on any atom is -0.379 e. The van der Waals surface area contributed by atoms with Gasteiger partial charge in [0.1, 0.15) is 5.69 Å². The predicted molar refractivity (Wildman–Crippen MR) is 98.6 cm³/mol. The number of hydrogen-bond acceptors (Lipinski definition) is 4. The Balaban J connectivity index is 1.77. The summed E-state index contributed by atoms with van der Waals surface area (Å²) in [5, 5.41) is 16.7. The van der Waals surface area contributed by atoms with Crippen molar-refractivity contribution >= 4 is 45.6 Å². The zero-order valence-electron chi connectivity index (χ0n) is 12.3. The molecule has 120 valence electrons. The molecule has 2 N–H and O–H groups in total. The summed E-state index contributed by atoms with van der Waals surface area (Å²) in [5.74, 6) is -0.0728. The number of para-hydroxylation sites is 2. The molecule has 0 aliphatic heterocycles. The number of halogens is 1. The number of carbonyl (C=O) groups excluding carboxylic acids is 1. The predicted octanol–water partition coefficient (Wildman–Crippen LogP) is 4.03. The highest BCUT2D eigenvalue weighted by Gasteiger charge is 2.11. The van der Waals surface area contributed by atoms with Gasteiger partial charge in [-0.2, -0.15) is 0 Å². The first-order valence-electron chi connectivity index (χ1n) is 7.09. The van der Waals surface area contributed by atoms with Crippen LogP contribution in [0.4, 0.5) is 17.1 Å². The standard InChI is InChI=1S/C16H16IN3O3/c17-12-5-3-6-13(11-12)19-16(21)9-4-10-18-14-7-1-2-8-15(14)20(22)23/h1-3,5-8,11,18H,4,9-10H2,(H,19,21). The zero-order valence-corrected chi connectivity index (χ0v) is 14.4. The lowest BCUT2D eigenvalue weighted by molar-refractivity contribution is -0.384. The largest absolute Gasteiger partial charge is 0.379 e. The number of anilines is 2. The molecule has 0 fully saturated rings. The molecular weight excluding hydrogens is 409 g/mol. The lowest BCUT2D eigenvalue weighted by Gasteiger charge is -2.08. The molecule has 7 heteroatoms. The van der Waals surface area contributed by atoms with Crippen LogP contribution in [0.3, 0.4) is 0 Å². The molecule has 0 heterocycles. The van der Waals surface area contributed by atoms with Crippen LogP contribution in [0.5, 0.6) is 0 Å². The normalized spacial score (nSPS) is 10.1. The third-order valence-corrected chi connectivity index (χ3v) is 3.78. The lowest BCUT2D eigenvalue weighted by atomic mass is 10.2. The summed E-state index contributed by atoms with van der Waals surface area (Å²) in [6, 6.07) is 14.0. The highest BCUT2D eigenvalue weighted by molar-refractivity contribution is 14.1. The molecule has 6 nitrogen and oxygen atoms in total. The van der Waals surface area contributed by atoms with E-state index in [0.29, 0.717) is 25.1 Å². The second kappa shape index (κ2) is 8.47. The Kier molecular flexibility index (Phi) is 6.33. The van der Waals surface area contributed by atoms with Gasteiger partial charge in [-0.05, 0) is 53.3 Å². The van der Waals surface area contributed by atoms with Crippen molar-refractivity contribution in [3.63, 3.8) is 0 Å². The number of nitro groups is 1. The maximum atomic E-state index is 11.9. The Bertz CT molecular complexity index is 706. The van der Waals surface area contributed by atoms with E-state index in [0.717, 1.165) is 9.26 Å². The molecule has 1 amide bonds. The number of benzene rings is 2. The molecule has 0 saturated carbocycles. The van der Waals surface area contributed by atoms with Crippen molar-refractivity contribution in [3.8, 4) is 0 Å². The quantitative estimate of drug-likeness (QED) is 0.304. The van der Waals surface area contributed by atoms with Gasteiger partial charge in [0.25, 0.3) is 5.69 Å². The van der Waals surface area contributed by atoms with E-state index in [1.165, 1.54) is 6.07 Å². The van der Waals surface area contributed by atoms with Crippen LogP contribution in [0, 0.1) is 13.7 Å². The van der Waals surface area contributed by atoms with Gasteiger partial charge < -0.3 is 10.6 Å². The average Bonchev–Trinajstić information content (AvgIpc) is 2.52. The fraction of sp³-hybridized carbons (Fsp3) is 0.188. The highest BCUT2D eigenvalue weighted by Crippen LogP contribution is 2.23. The van der Waals surface area contributed by atoms with Gasteiger partial charge in [0.05, 0.1) is 4.92 Å². The van der Waals surface area contributed by atoms with Crippen molar-refractivity contribution in [3.05, 3.63) is 62.2 Å². The van der Waals surface area contributed by atoms with Gasteiger partial charge in [-0.15, -0.1) is 0 Å². The molecule has 0 saturated heterocycles. The summed E-state index contributed by atoms with van der Waals surface area (Å²) in [6.07, 6.45) is 0.931. The Morgan fingerprint density at radius 2 is 1.96 bits per heavy atom. The van der Waals surface area contributed by atoms with E-state index in [1.54, 1.807) is 18.2 Å². The number of nitrogens with zero attached hydrogens (tertiary/aromatic N) is 1. The van der Waals surface area contributed by atoms with E-state index < -0.39 is 4.92 Å². The van der Waals surface area contributed by atoms with E-state index in [1.807, 2.05) is 24.3 Å². The molecular formula is C16H16IN3O3. The van der Waals surface area contributed by atoms with Crippen LogP contribution < -0.4 is 10.6 Å². The average molecular weight is 425 g/mol. The summed E-state index contributed by atoms with van der Waals surface area (Å²) in [6.45, 7) is 0.491. The molecule has 0 aliphatic carbocycles. The lowest BCUT2D eigenvalue weighted by Crippen LogP contribution is -2.13. The molecule has 0 spiro atoms. The number of rotatable bonds is 7. The Labute approximate surface area is 147 Å². The van der Waals surface area contributed by atoms with Gasteiger partial charge in [-0.25, -0.2) is 0 Å². The van der Waals surface area contributed by atoms with E-state index in [4.69, 9.17) is 0 Å². The molecule has 0 aromatic heterocycles. The first-order chi connectivity index (χ1) is 11.1. The van der Waals surface area contributed by atoms with Crippen LogP contribution in [0.25, 0.3) is 0 Å². The van der Waals surface area contributed by atoms with Crippen LogP contribution in [-0.2, 0) is 4.79 Å². The molecule has 23 heavy (non-hydrogen) atoms. The van der Waals surface area contributed by atoms with Crippen molar-refractivity contribution < 1.29 is 9.72 Å². The minimum absolute atomic E-state index is 0.0378. The molecule has 0 bridgehead atoms. The summed E-state index contributed by atoms with van der Waals surface area (Å²) in [7, 11) is 0. The number of nitrogens with one attached hydrogen (secondary N) is 2. The first kappa shape index (κ1) is 17.2. The Hall–Kier alpha value is -2.16. The van der Waals surface area contributed by atoms with E-state index in [-0.39, 0.29) is 11.6 Å². The van der Waals surface area contributed by atoms with Crippen LogP contribution in [0.15, 0.2) is 48.5 Å². The molecule has 2 rings (SSSR count). The molecule has 2 aromatic carbocycles. The molecule has 0 radical (unpaired) electrons. The van der Waals surface area contributed by atoms with Crippen LogP contribution in [0.1, 0.15) is 12.8 Å². The van der Waals surface area contributed by atoms with Crippen LogP contribution in [-0.4, -0.2) is 17.4 Å². The maximum absolute atomic E-state index is 11.9. The summed E-state index contributed by atoms with van der Waals surface area (Å²) < 4.78 is 1.05. The third-order valence-electron chi connectivity index (χ3n) is 3.11. The number of nitro benzene ring substituents is 1. The van der Waals surface area contributed by atoms with Crippen molar-refractivity contribution in [1.29, 1.82) is 0 Å². The van der Waals surface area contributed by atoms with Crippen molar-refractivity contribution in [2.75, 3.05) is 17.2 Å². The van der Waals surface area contributed by atoms with Gasteiger partial charge in [0.2, 0.25) is 5.91 Å². The van der Waals surface area contributed by atoms with Crippen molar-refractivity contribution in [2.24, 2.45) is 0 Å². The molecule has 2 aromatic rings. The Morgan fingerprint density at radius 3 is 2.70 bits per heavy atom. The molecule has 0 aliphatic rings. The van der Waals surface area contributed by atoms with Crippen LogP contribution in [0.2, 0.25) is 0 Å². The van der Waals surface area contributed by atoms with E-state index in [9.17, 15) is 14.9 Å². The van der Waals surface area contributed by atoms with Crippen molar-refractivity contribution in [2.45, 2.75) is 12.8 Å². The number of amides is 1. The fourth-order valence-corrected chi connectivity index (χ4v) is 2.59. The minimum atomic E-state index is -0.425.